The van der Waals surface area contributed by atoms with Gasteiger partial charge in [0.25, 0.3) is 5.91 Å². The number of hydrogen-bond donors (Lipinski definition) is 3. The number of aromatic nitrogens is 1. The second kappa shape index (κ2) is 9.15. The summed E-state index contributed by atoms with van der Waals surface area (Å²) in [5, 5.41) is 16.8. The van der Waals surface area contributed by atoms with Crippen LogP contribution in [0.15, 0.2) is 60.8 Å². The quantitative estimate of drug-likeness (QED) is 0.362. The number of aryl methyl sites for hydroxylation is 1. The third-order valence-corrected chi connectivity index (χ3v) is 7.72. The summed E-state index contributed by atoms with van der Waals surface area (Å²) in [6.45, 7) is 2.97. The number of thiophene rings is 1. The van der Waals surface area contributed by atoms with E-state index in [-0.39, 0.29) is 18.0 Å². The number of benzene rings is 2. The lowest BCUT2D eigenvalue weighted by Crippen LogP contribution is -2.43. The zero-order chi connectivity index (χ0) is 25.7. The number of pyridine rings is 1. The first-order chi connectivity index (χ1) is 17.9. The van der Waals surface area contributed by atoms with Crippen LogP contribution in [-0.4, -0.2) is 59.2 Å². The molecule has 2 aromatic heterocycles. The zero-order valence-corrected chi connectivity index (χ0v) is 21.1. The number of rotatable bonds is 5. The number of nitrogens with zero attached hydrogens (tertiary/aromatic N) is 3. The third-order valence-electron chi connectivity index (χ3n) is 6.63. The standard InChI is InChI=1S/C27H25N5O4S/c1-15-12-17(36-16-6-4-3-5-7-16)8-9-19(15)32-20-10-11-28-26-22(20)23(30-27(32)35)24(37-26)25(34)29-18-13-31(2)14-21(18)33/h3-12,18,21,33H,13-14H2,1-2H3,(H,29,34)(H,30,35)/t18-,21-/m0/s1. The molecule has 0 radical (unpaired) electrons. The van der Waals surface area contributed by atoms with E-state index in [9.17, 15) is 14.7 Å². The van der Waals surface area contributed by atoms with Crippen LogP contribution in [0.5, 0.6) is 11.5 Å². The van der Waals surface area contributed by atoms with Gasteiger partial charge >= 0.3 is 6.03 Å². The van der Waals surface area contributed by atoms with Gasteiger partial charge in [-0.25, -0.2) is 9.78 Å². The molecule has 4 aromatic rings. The highest BCUT2D eigenvalue weighted by Gasteiger charge is 2.35. The molecule has 4 heterocycles. The van der Waals surface area contributed by atoms with Crippen LogP contribution >= 0.6 is 11.3 Å². The van der Waals surface area contributed by atoms with E-state index in [1.807, 2.05) is 67.4 Å². The molecule has 0 bridgehead atoms. The molecule has 0 aliphatic carbocycles. The highest BCUT2D eigenvalue weighted by atomic mass is 32.1. The van der Waals surface area contributed by atoms with E-state index in [1.54, 1.807) is 17.2 Å². The first-order valence-electron chi connectivity index (χ1n) is 11.9. The molecule has 9 nitrogen and oxygen atoms in total. The molecule has 37 heavy (non-hydrogen) atoms. The normalized spacial score (nSPS) is 19.2. The Hall–Kier alpha value is -3.99. The average Bonchev–Trinajstić information content (AvgIpc) is 3.40. The summed E-state index contributed by atoms with van der Waals surface area (Å²) < 4.78 is 5.95. The van der Waals surface area contributed by atoms with Crippen LogP contribution in [0.4, 0.5) is 21.9 Å². The molecule has 188 valence electrons. The predicted molar refractivity (Wildman–Crippen MR) is 143 cm³/mol. The Labute approximate surface area is 217 Å². The Morgan fingerprint density at radius 1 is 1.14 bits per heavy atom. The highest BCUT2D eigenvalue weighted by Crippen LogP contribution is 2.46. The fourth-order valence-corrected chi connectivity index (χ4v) is 5.93. The first-order valence-corrected chi connectivity index (χ1v) is 12.7. The fraction of sp³-hybridized carbons (Fsp3) is 0.222. The van der Waals surface area contributed by atoms with E-state index in [4.69, 9.17) is 4.74 Å². The molecule has 0 unspecified atom stereocenters. The number of β-amino-alcohol motifs (C(OH)–C–C–N with tert-alkyl or cyclic N) is 1. The number of hydrogen-bond acceptors (Lipinski definition) is 7. The van der Waals surface area contributed by atoms with Crippen LogP contribution in [-0.2, 0) is 0 Å². The molecule has 2 atom stereocenters. The van der Waals surface area contributed by atoms with Crippen LogP contribution in [0.1, 0.15) is 15.2 Å². The largest absolute Gasteiger partial charge is 0.457 e. The molecule has 2 aromatic carbocycles. The summed E-state index contributed by atoms with van der Waals surface area (Å²) in [7, 11) is 1.89. The molecule has 6 rings (SSSR count). The van der Waals surface area contributed by atoms with Gasteiger partial charge in [-0.3, -0.25) is 9.69 Å². The summed E-state index contributed by atoms with van der Waals surface area (Å²) in [6.07, 6.45) is 0.999. The maximum atomic E-state index is 13.4. The predicted octanol–water partition coefficient (Wildman–Crippen LogP) is 4.49. The Balaban J connectivity index is 1.34. The molecular weight excluding hydrogens is 490 g/mol. The molecular formula is C27H25N5O4S. The first kappa shape index (κ1) is 23.4. The summed E-state index contributed by atoms with van der Waals surface area (Å²) in [5.41, 5.74) is 2.65. The smallest absolute Gasteiger partial charge is 0.331 e. The average molecular weight is 516 g/mol. The number of likely N-dealkylation sites (N-methyl/N-ethyl adjacent to an activating group) is 1. The van der Waals surface area contributed by atoms with Crippen LogP contribution in [0.25, 0.3) is 10.2 Å². The Bertz CT molecular complexity index is 1520. The number of aliphatic hydroxyl groups excluding tert-OH is 1. The second-order valence-electron chi connectivity index (χ2n) is 9.31. The minimum absolute atomic E-state index is 0.337. The molecule has 3 amide bonds. The molecule has 1 saturated heterocycles. The van der Waals surface area contributed by atoms with E-state index in [1.165, 1.54) is 11.3 Å². The van der Waals surface area contributed by atoms with E-state index >= 15 is 0 Å². The van der Waals surface area contributed by atoms with Crippen molar-refractivity contribution in [3.8, 4) is 11.5 Å². The van der Waals surface area contributed by atoms with Crippen molar-refractivity contribution in [2.45, 2.75) is 19.1 Å². The number of urea groups is 1. The maximum Gasteiger partial charge on any atom is 0.331 e. The maximum absolute atomic E-state index is 13.4. The van der Waals surface area contributed by atoms with Crippen LogP contribution in [0.2, 0.25) is 0 Å². The summed E-state index contributed by atoms with van der Waals surface area (Å²) in [4.78, 5) is 35.7. The SMILES string of the molecule is Cc1cc(Oc2ccccc2)ccc1N1C(=O)Nc2c(C(=O)N[C@H]3CN(C)C[C@@H]3O)sc3nccc1c23. The number of ether oxygens (including phenoxy) is 1. The van der Waals surface area contributed by atoms with Gasteiger partial charge in [-0.1, -0.05) is 18.2 Å². The molecule has 3 N–H and O–H groups in total. The highest BCUT2D eigenvalue weighted by molar-refractivity contribution is 7.21. The lowest BCUT2D eigenvalue weighted by molar-refractivity contribution is 0.0893. The molecule has 0 spiro atoms. The minimum atomic E-state index is -0.643. The molecule has 2 aliphatic rings. The number of para-hydroxylation sites is 1. The van der Waals surface area contributed by atoms with E-state index in [0.29, 0.717) is 51.0 Å². The number of amides is 3. The molecule has 2 aliphatic heterocycles. The van der Waals surface area contributed by atoms with Crippen LogP contribution in [0.3, 0.4) is 0 Å². The Kier molecular flexibility index (Phi) is 5.79. The fourth-order valence-electron chi connectivity index (χ4n) is 4.90. The number of aliphatic hydroxyl groups is 1. The second-order valence-corrected chi connectivity index (χ2v) is 10.3. The van der Waals surface area contributed by atoms with Crippen molar-refractivity contribution in [1.82, 2.24) is 15.2 Å². The Morgan fingerprint density at radius 3 is 2.68 bits per heavy atom. The van der Waals surface area contributed by atoms with Gasteiger partial charge in [0.05, 0.1) is 34.6 Å². The number of likely N-dealkylation sites (tertiary alicyclic amines) is 1. The van der Waals surface area contributed by atoms with Crippen molar-refractivity contribution in [1.29, 1.82) is 0 Å². The van der Waals surface area contributed by atoms with Gasteiger partial charge in [-0.15, -0.1) is 11.3 Å². The minimum Gasteiger partial charge on any atom is -0.457 e. The van der Waals surface area contributed by atoms with Crippen molar-refractivity contribution in [2.24, 2.45) is 0 Å². The number of nitrogens with one attached hydrogen (secondary N) is 2. The monoisotopic (exact) mass is 515 g/mol. The lowest BCUT2D eigenvalue weighted by atomic mass is 10.1. The summed E-state index contributed by atoms with van der Waals surface area (Å²) in [6, 6.07) is 16.1. The van der Waals surface area contributed by atoms with Crippen molar-refractivity contribution in [2.75, 3.05) is 30.4 Å². The van der Waals surface area contributed by atoms with E-state index in [2.05, 4.69) is 15.6 Å². The van der Waals surface area contributed by atoms with Gasteiger partial charge in [-0.2, -0.15) is 0 Å². The number of carbonyl (C=O) groups is 2. The third kappa shape index (κ3) is 4.18. The van der Waals surface area contributed by atoms with E-state index < -0.39 is 6.10 Å². The molecule has 1 fully saturated rings. The van der Waals surface area contributed by atoms with Crippen molar-refractivity contribution >= 4 is 50.6 Å². The molecule has 0 saturated carbocycles. The lowest BCUT2D eigenvalue weighted by Gasteiger charge is -2.29. The van der Waals surface area contributed by atoms with Crippen molar-refractivity contribution in [3.05, 3.63) is 71.2 Å². The van der Waals surface area contributed by atoms with Gasteiger partial charge in [0, 0.05) is 19.3 Å². The van der Waals surface area contributed by atoms with Crippen molar-refractivity contribution < 1.29 is 19.4 Å². The van der Waals surface area contributed by atoms with Gasteiger partial charge in [0.2, 0.25) is 0 Å². The van der Waals surface area contributed by atoms with Crippen molar-refractivity contribution in [3.63, 3.8) is 0 Å². The number of anilines is 3. The summed E-state index contributed by atoms with van der Waals surface area (Å²) >= 11 is 1.22. The van der Waals surface area contributed by atoms with Crippen LogP contribution < -0.4 is 20.3 Å². The summed E-state index contributed by atoms with van der Waals surface area (Å²) in [5.74, 6) is 1.06. The van der Waals surface area contributed by atoms with Gasteiger partial charge in [-0.05, 0) is 55.9 Å². The van der Waals surface area contributed by atoms with Gasteiger partial charge in [0.1, 0.15) is 21.2 Å². The molecule has 10 heteroatoms. The van der Waals surface area contributed by atoms with Crippen LogP contribution in [0, 0.1) is 6.92 Å². The van der Waals surface area contributed by atoms with E-state index in [0.717, 1.165) is 11.3 Å². The zero-order valence-electron chi connectivity index (χ0n) is 20.3. The van der Waals surface area contributed by atoms with Gasteiger partial charge < -0.3 is 25.4 Å². The topological polar surface area (TPSA) is 107 Å². The Morgan fingerprint density at radius 2 is 1.95 bits per heavy atom. The number of carbonyl (C=O) groups excluding carboxylic acids is 2. The van der Waals surface area contributed by atoms with Gasteiger partial charge in [0.15, 0.2) is 0 Å².